The minimum atomic E-state index is -1.07. The summed E-state index contributed by atoms with van der Waals surface area (Å²) in [5.74, 6) is -1.92. The number of likely N-dealkylation sites (tertiary alicyclic amines) is 1. The van der Waals surface area contributed by atoms with Crippen molar-refractivity contribution in [2.45, 2.75) is 29.0 Å². The van der Waals surface area contributed by atoms with Crippen molar-refractivity contribution in [1.82, 2.24) is 4.90 Å². The van der Waals surface area contributed by atoms with E-state index >= 15 is 0 Å². The highest BCUT2D eigenvalue weighted by atomic mass is 79.9. The summed E-state index contributed by atoms with van der Waals surface area (Å²) in [6.07, 6.45) is 0.820. The van der Waals surface area contributed by atoms with Crippen LogP contribution in [0.15, 0.2) is 24.3 Å². The number of ketones is 1. The second-order valence-electron chi connectivity index (χ2n) is 7.99. The van der Waals surface area contributed by atoms with E-state index in [0.717, 1.165) is 11.3 Å². The van der Waals surface area contributed by atoms with Gasteiger partial charge in [-0.05, 0) is 37.3 Å². The van der Waals surface area contributed by atoms with Crippen LogP contribution < -0.4 is 4.74 Å². The molecule has 1 aliphatic heterocycles. The second kappa shape index (κ2) is 8.07. The first-order valence-electron chi connectivity index (χ1n) is 9.75. The summed E-state index contributed by atoms with van der Waals surface area (Å²) < 4.78 is 10.2. The van der Waals surface area contributed by atoms with Crippen LogP contribution in [0, 0.1) is 23.7 Å². The predicted octanol–water partition coefficient (Wildman–Crippen LogP) is 2.59. The van der Waals surface area contributed by atoms with Crippen LogP contribution in [0.25, 0.3) is 0 Å². The summed E-state index contributed by atoms with van der Waals surface area (Å²) in [7, 11) is 1.49. The number of fused-ring (bicyclic) bond motifs is 5. The van der Waals surface area contributed by atoms with E-state index in [-0.39, 0.29) is 33.3 Å². The largest absolute Gasteiger partial charge is 0.497 e. The van der Waals surface area contributed by atoms with Gasteiger partial charge in [-0.2, -0.15) is 0 Å². The van der Waals surface area contributed by atoms with E-state index < -0.39 is 36.2 Å². The number of ether oxygens (including phenoxy) is 2. The Hall–Kier alpha value is -1.74. The molecule has 0 N–H and O–H groups in total. The Morgan fingerprint density at radius 3 is 2.30 bits per heavy atom. The molecule has 3 aliphatic rings. The number of alkyl halides is 2. The number of carbonyl (C=O) groups is 4. The molecule has 0 aromatic heterocycles. The molecule has 1 aromatic carbocycles. The number of rotatable bonds is 6. The number of esters is 1. The first-order valence-corrected chi connectivity index (χ1v) is 11.6. The Bertz CT molecular complexity index is 889. The van der Waals surface area contributed by atoms with Crippen molar-refractivity contribution >= 4 is 55.4 Å². The average Bonchev–Trinajstić information content (AvgIpc) is 3.36. The molecule has 1 saturated heterocycles. The summed E-state index contributed by atoms with van der Waals surface area (Å²) in [5.41, 5.74) is 0.348. The maximum atomic E-state index is 13.0. The molecule has 2 aliphatic carbocycles. The Kier molecular flexibility index (Phi) is 5.78. The van der Waals surface area contributed by atoms with E-state index in [1.807, 2.05) is 0 Å². The van der Waals surface area contributed by atoms with E-state index in [9.17, 15) is 19.2 Å². The van der Waals surface area contributed by atoms with Gasteiger partial charge in [-0.3, -0.25) is 19.3 Å². The monoisotopic (exact) mass is 541 g/mol. The third kappa shape index (κ3) is 3.30. The molecule has 4 rings (SSSR count). The highest BCUT2D eigenvalue weighted by Crippen LogP contribution is 2.60. The minimum absolute atomic E-state index is 0.0729. The zero-order chi connectivity index (χ0) is 21.7. The molecule has 30 heavy (non-hydrogen) atoms. The summed E-state index contributed by atoms with van der Waals surface area (Å²) >= 11 is 7.27. The van der Waals surface area contributed by atoms with Gasteiger partial charge in [0.1, 0.15) is 11.8 Å². The molecule has 0 spiro atoms. The lowest BCUT2D eigenvalue weighted by Crippen LogP contribution is -2.45. The number of amides is 2. The van der Waals surface area contributed by atoms with E-state index in [1.165, 1.54) is 14.0 Å². The van der Waals surface area contributed by atoms with Crippen LogP contribution in [0.2, 0.25) is 0 Å². The minimum Gasteiger partial charge on any atom is -0.497 e. The van der Waals surface area contributed by atoms with Crippen molar-refractivity contribution in [3.8, 4) is 5.75 Å². The molecule has 160 valence electrons. The molecule has 0 unspecified atom stereocenters. The molecular formula is C21H21Br2NO6. The molecule has 1 aromatic rings. The van der Waals surface area contributed by atoms with Crippen molar-refractivity contribution in [2.75, 3.05) is 13.7 Å². The third-order valence-electron chi connectivity index (χ3n) is 6.49. The van der Waals surface area contributed by atoms with E-state index in [2.05, 4.69) is 31.9 Å². The summed E-state index contributed by atoms with van der Waals surface area (Å²) in [6, 6.07) is 5.45. The Morgan fingerprint density at radius 2 is 1.73 bits per heavy atom. The van der Waals surface area contributed by atoms with Gasteiger partial charge in [0.25, 0.3) is 0 Å². The van der Waals surface area contributed by atoms with Gasteiger partial charge in [0.05, 0.1) is 18.9 Å². The summed E-state index contributed by atoms with van der Waals surface area (Å²) in [6.45, 7) is 0.992. The fourth-order valence-corrected chi connectivity index (χ4v) is 6.87. The lowest BCUT2D eigenvalue weighted by Gasteiger charge is -2.28. The van der Waals surface area contributed by atoms with Gasteiger partial charge in [-0.25, -0.2) is 4.79 Å². The van der Waals surface area contributed by atoms with Crippen LogP contribution in [0.4, 0.5) is 0 Å². The number of nitrogens with zero attached hydrogens (tertiary/aromatic N) is 1. The number of halogens is 2. The molecule has 7 nitrogen and oxygen atoms in total. The van der Waals surface area contributed by atoms with E-state index in [0.29, 0.717) is 11.3 Å². The topological polar surface area (TPSA) is 90.0 Å². The van der Waals surface area contributed by atoms with Gasteiger partial charge < -0.3 is 9.47 Å². The third-order valence-corrected chi connectivity index (χ3v) is 9.69. The standard InChI is InChI=1S/C21H21Br2NO6/c1-9(21(28)30-8-14(25)10-4-3-5-11(6-10)29-2)24-19(26)15-12-7-13(16(15)20(24)27)18(23)17(12)22/h3-6,9,12-13,15-18H,7-8H2,1-2H3/t9-,12+,13+,15-,16+,17-,18-/m0/s1. The number of carbonyl (C=O) groups excluding carboxylic acids is 4. The highest BCUT2D eigenvalue weighted by molar-refractivity contribution is 9.12. The van der Waals surface area contributed by atoms with E-state index in [1.54, 1.807) is 24.3 Å². The normalized spacial score (nSPS) is 32.9. The number of methoxy groups -OCH3 is 1. The average molecular weight is 543 g/mol. The fourth-order valence-electron chi connectivity index (χ4n) is 5.00. The zero-order valence-electron chi connectivity index (χ0n) is 16.4. The quantitative estimate of drug-likeness (QED) is 0.237. The van der Waals surface area contributed by atoms with Crippen LogP contribution in [-0.2, 0) is 19.1 Å². The van der Waals surface area contributed by atoms with Gasteiger partial charge in [0.2, 0.25) is 11.8 Å². The first-order chi connectivity index (χ1) is 14.3. The van der Waals surface area contributed by atoms with E-state index in [4.69, 9.17) is 9.47 Å². The molecule has 2 amide bonds. The van der Waals surface area contributed by atoms with Crippen molar-refractivity contribution in [2.24, 2.45) is 23.7 Å². The highest BCUT2D eigenvalue weighted by Gasteiger charge is 2.67. The van der Waals surface area contributed by atoms with Crippen molar-refractivity contribution in [3.63, 3.8) is 0 Å². The van der Waals surface area contributed by atoms with Crippen LogP contribution in [0.1, 0.15) is 23.7 Å². The van der Waals surface area contributed by atoms with Gasteiger partial charge in [-0.1, -0.05) is 44.0 Å². The van der Waals surface area contributed by atoms with Crippen molar-refractivity contribution < 1.29 is 28.7 Å². The number of hydrogen-bond donors (Lipinski definition) is 0. The second-order valence-corrected chi connectivity index (χ2v) is 10.1. The number of imide groups is 1. The number of hydrogen-bond acceptors (Lipinski definition) is 6. The van der Waals surface area contributed by atoms with Crippen molar-refractivity contribution in [3.05, 3.63) is 29.8 Å². The molecule has 7 atom stereocenters. The number of Topliss-reactive ketones (excluding diaryl/α,β-unsaturated/α-hetero) is 1. The first kappa shape index (κ1) is 21.5. The van der Waals surface area contributed by atoms with Gasteiger partial charge in [0.15, 0.2) is 12.4 Å². The number of benzene rings is 1. The van der Waals surface area contributed by atoms with Crippen LogP contribution in [-0.4, -0.2) is 57.9 Å². The molecule has 1 heterocycles. The fraction of sp³-hybridized carbons (Fsp3) is 0.524. The lowest BCUT2D eigenvalue weighted by atomic mass is 9.81. The molecule has 3 fully saturated rings. The Labute approximate surface area is 190 Å². The SMILES string of the molecule is COc1cccc(C(=O)COC(=O)[C@H](C)N2C(=O)[C@@H]3[C@H]4C[C@@H]([C@H](Br)[C@H]4Br)[C@@H]3C2=O)c1. The van der Waals surface area contributed by atoms with Crippen LogP contribution in [0.5, 0.6) is 5.75 Å². The lowest BCUT2D eigenvalue weighted by molar-refractivity contribution is -0.157. The smallest absolute Gasteiger partial charge is 0.329 e. The molecule has 2 saturated carbocycles. The molecule has 0 radical (unpaired) electrons. The van der Waals surface area contributed by atoms with Gasteiger partial charge in [0, 0.05) is 15.2 Å². The van der Waals surface area contributed by atoms with Crippen LogP contribution >= 0.6 is 31.9 Å². The maximum Gasteiger partial charge on any atom is 0.329 e. The predicted molar refractivity (Wildman–Crippen MR) is 114 cm³/mol. The summed E-state index contributed by atoms with van der Waals surface area (Å²) in [5, 5.41) is 0. The van der Waals surface area contributed by atoms with Gasteiger partial charge in [-0.15, -0.1) is 0 Å². The summed E-state index contributed by atoms with van der Waals surface area (Å²) in [4.78, 5) is 52.2. The molecule has 9 heteroatoms. The Morgan fingerprint density at radius 1 is 1.13 bits per heavy atom. The molecular weight excluding hydrogens is 522 g/mol. The molecule has 2 bridgehead atoms. The van der Waals surface area contributed by atoms with Crippen LogP contribution in [0.3, 0.4) is 0 Å². The van der Waals surface area contributed by atoms with Gasteiger partial charge >= 0.3 is 5.97 Å². The van der Waals surface area contributed by atoms with Crippen molar-refractivity contribution in [1.29, 1.82) is 0 Å². The Balaban J connectivity index is 1.41. The zero-order valence-corrected chi connectivity index (χ0v) is 19.6. The maximum absolute atomic E-state index is 13.0.